The van der Waals surface area contributed by atoms with Crippen LogP contribution in [0.15, 0.2) is 18.2 Å². The highest BCUT2D eigenvalue weighted by atomic mass is 19.1. The Hall–Kier alpha value is -1.12. The summed E-state index contributed by atoms with van der Waals surface area (Å²) in [6.07, 6.45) is -0.153. The number of halogens is 1. The van der Waals surface area contributed by atoms with Crippen LogP contribution in [0.2, 0.25) is 6.32 Å². The van der Waals surface area contributed by atoms with Crippen molar-refractivity contribution in [3.63, 3.8) is 0 Å². The Kier molecular flexibility index (Phi) is 2.63. The summed E-state index contributed by atoms with van der Waals surface area (Å²) in [4.78, 5) is 11.0. The van der Waals surface area contributed by atoms with Crippen molar-refractivity contribution in [3.8, 4) is 0 Å². The van der Waals surface area contributed by atoms with E-state index in [4.69, 9.17) is 7.85 Å². The summed E-state index contributed by atoms with van der Waals surface area (Å²) in [5, 5.41) is 0. The molecule has 0 aliphatic rings. The molecule has 0 N–H and O–H groups in total. The van der Waals surface area contributed by atoms with E-state index in [0.717, 1.165) is 5.56 Å². The molecule has 0 saturated heterocycles. The molecule has 60 valence electrons. The third-order valence-corrected chi connectivity index (χ3v) is 1.61. The van der Waals surface area contributed by atoms with Gasteiger partial charge in [0.05, 0.1) is 13.4 Å². The first kappa shape index (κ1) is 8.98. The zero-order chi connectivity index (χ0) is 9.14. The van der Waals surface area contributed by atoms with Crippen LogP contribution >= 0.6 is 0 Å². The lowest BCUT2D eigenvalue weighted by atomic mass is 9.95. The van der Waals surface area contributed by atoms with E-state index in [0.29, 0.717) is 0 Å². The predicted molar refractivity (Wildman–Crippen MR) is 46.0 cm³/mol. The summed E-state index contributed by atoms with van der Waals surface area (Å²) in [5.41, 5.74) is 0.865. The molecule has 2 radical (unpaired) electrons. The lowest BCUT2D eigenvalue weighted by molar-refractivity contribution is 0.101. The van der Waals surface area contributed by atoms with Crippen LogP contribution in [-0.4, -0.2) is 13.6 Å². The number of ketones is 1. The number of aryl methyl sites for hydroxylation is 1. The van der Waals surface area contributed by atoms with Crippen molar-refractivity contribution in [2.45, 2.75) is 13.2 Å². The Morgan fingerprint density at radius 3 is 2.75 bits per heavy atom. The maximum absolute atomic E-state index is 13.0. The minimum absolute atomic E-state index is 0.0723. The van der Waals surface area contributed by atoms with Gasteiger partial charge in [-0.15, -0.1) is 0 Å². The van der Waals surface area contributed by atoms with Crippen LogP contribution in [0.1, 0.15) is 15.9 Å². The largest absolute Gasteiger partial charge is 0.295 e. The van der Waals surface area contributed by atoms with Crippen molar-refractivity contribution >= 4 is 13.6 Å². The maximum atomic E-state index is 13.0. The van der Waals surface area contributed by atoms with Gasteiger partial charge in [-0.25, -0.2) is 4.39 Å². The van der Waals surface area contributed by atoms with E-state index in [1.165, 1.54) is 12.1 Å². The van der Waals surface area contributed by atoms with E-state index in [1.54, 1.807) is 13.0 Å². The molecule has 0 spiro atoms. The highest BCUT2D eigenvalue weighted by Crippen LogP contribution is 2.11. The maximum Gasteiger partial charge on any atom is 0.157 e. The van der Waals surface area contributed by atoms with Gasteiger partial charge in [0.2, 0.25) is 0 Å². The minimum atomic E-state index is -0.495. The zero-order valence-electron chi connectivity index (χ0n) is 6.80. The van der Waals surface area contributed by atoms with Gasteiger partial charge in [0.1, 0.15) is 5.82 Å². The summed E-state index contributed by atoms with van der Waals surface area (Å²) >= 11 is 0. The molecule has 0 aliphatic carbocycles. The molecule has 0 bridgehead atoms. The first-order valence-corrected chi connectivity index (χ1v) is 3.64. The van der Waals surface area contributed by atoms with Crippen molar-refractivity contribution in [1.82, 2.24) is 0 Å². The number of carbonyl (C=O) groups is 1. The van der Waals surface area contributed by atoms with Gasteiger partial charge in [0.25, 0.3) is 0 Å². The average Bonchev–Trinajstić information content (AvgIpc) is 2.03. The van der Waals surface area contributed by atoms with Gasteiger partial charge in [-0.3, -0.25) is 4.79 Å². The van der Waals surface area contributed by atoms with Crippen molar-refractivity contribution in [2.24, 2.45) is 0 Å². The average molecular weight is 162 g/mol. The molecule has 3 heteroatoms. The van der Waals surface area contributed by atoms with E-state index in [9.17, 15) is 9.18 Å². The molecule has 0 saturated carbocycles. The predicted octanol–water partition coefficient (Wildman–Crippen LogP) is 1.90. The van der Waals surface area contributed by atoms with Gasteiger partial charge >= 0.3 is 0 Å². The number of benzene rings is 1. The number of hydrogen-bond acceptors (Lipinski definition) is 1. The Labute approximate surface area is 72.0 Å². The molecule has 0 aliphatic heterocycles. The number of Topliss-reactive ketones (excluding diaryl/α,β-unsaturated/α-hetero) is 1. The van der Waals surface area contributed by atoms with E-state index < -0.39 is 5.82 Å². The second-order valence-corrected chi connectivity index (χ2v) is 2.61. The van der Waals surface area contributed by atoms with Gasteiger partial charge < -0.3 is 0 Å². The normalized spacial score (nSPS) is 9.83. The Bertz CT molecular complexity index is 309. The number of carbonyl (C=O) groups excluding carboxylic acids is 1. The Morgan fingerprint density at radius 2 is 2.25 bits per heavy atom. The first-order valence-electron chi connectivity index (χ1n) is 3.64. The first-order chi connectivity index (χ1) is 5.65. The second-order valence-electron chi connectivity index (χ2n) is 2.61. The topological polar surface area (TPSA) is 17.1 Å². The van der Waals surface area contributed by atoms with Crippen molar-refractivity contribution in [3.05, 3.63) is 35.1 Å². The SMILES string of the molecule is [B]CC(=O)c1ccc(C)cc1F. The monoisotopic (exact) mass is 162 g/mol. The fourth-order valence-corrected chi connectivity index (χ4v) is 0.956. The number of rotatable bonds is 2. The van der Waals surface area contributed by atoms with E-state index >= 15 is 0 Å². The lowest BCUT2D eigenvalue weighted by Crippen LogP contribution is -2.01. The summed E-state index contributed by atoms with van der Waals surface area (Å²) in [6, 6.07) is 4.47. The third-order valence-electron chi connectivity index (χ3n) is 1.61. The molecular weight excluding hydrogens is 154 g/mol. The number of hydrogen-bond donors (Lipinski definition) is 0. The fourth-order valence-electron chi connectivity index (χ4n) is 0.956. The highest BCUT2D eigenvalue weighted by molar-refractivity contribution is 6.24. The molecule has 0 unspecified atom stereocenters. The van der Waals surface area contributed by atoms with Crippen molar-refractivity contribution in [2.75, 3.05) is 0 Å². The fraction of sp³-hybridized carbons (Fsp3) is 0.222. The molecule has 1 rings (SSSR count). The summed E-state index contributed by atoms with van der Waals surface area (Å²) in [6.45, 7) is 1.76. The van der Waals surface area contributed by atoms with Gasteiger partial charge in [-0.05, 0) is 30.9 Å². The quantitative estimate of drug-likeness (QED) is 0.479. The molecule has 0 atom stereocenters. The lowest BCUT2D eigenvalue weighted by Gasteiger charge is -2.00. The zero-order valence-corrected chi connectivity index (χ0v) is 6.80. The molecule has 0 amide bonds. The van der Waals surface area contributed by atoms with Gasteiger partial charge in [-0.1, -0.05) is 6.07 Å². The molecule has 1 nitrogen and oxygen atoms in total. The summed E-state index contributed by atoms with van der Waals surface area (Å²) in [5.74, 6) is -0.863. The highest BCUT2D eigenvalue weighted by Gasteiger charge is 2.08. The van der Waals surface area contributed by atoms with Crippen LogP contribution in [0.3, 0.4) is 0 Å². The van der Waals surface area contributed by atoms with Crippen molar-refractivity contribution in [1.29, 1.82) is 0 Å². The van der Waals surface area contributed by atoms with Gasteiger partial charge in [0, 0.05) is 0 Å². The van der Waals surface area contributed by atoms with Gasteiger partial charge in [0.15, 0.2) is 5.78 Å². The van der Waals surface area contributed by atoms with Crippen molar-refractivity contribution < 1.29 is 9.18 Å². The van der Waals surface area contributed by atoms with Crippen LogP contribution in [0.4, 0.5) is 4.39 Å². The third kappa shape index (κ3) is 1.73. The molecule has 1 aromatic carbocycles. The van der Waals surface area contributed by atoms with Crippen LogP contribution in [0, 0.1) is 12.7 Å². The van der Waals surface area contributed by atoms with E-state index in [2.05, 4.69) is 0 Å². The van der Waals surface area contributed by atoms with Crippen LogP contribution in [0.25, 0.3) is 0 Å². The molecule has 0 aromatic heterocycles. The Morgan fingerprint density at radius 1 is 1.58 bits per heavy atom. The molecule has 0 fully saturated rings. The Balaban J connectivity index is 3.09. The molecule has 12 heavy (non-hydrogen) atoms. The van der Waals surface area contributed by atoms with E-state index in [-0.39, 0.29) is 17.7 Å². The minimum Gasteiger partial charge on any atom is -0.295 e. The van der Waals surface area contributed by atoms with Crippen LogP contribution < -0.4 is 0 Å². The second kappa shape index (κ2) is 3.52. The standard InChI is InChI=1S/C9H8BFO/c1-6-2-3-7(8(11)4-6)9(12)5-10/h2-4H,5H2,1H3. The van der Waals surface area contributed by atoms with Crippen LogP contribution in [0.5, 0.6) is 0 Å². The molecule has 1 aromatic rings. The van der Waals surface area contributed by atoms with Gasteiger partial charge in [-0.2, -0.15) is 0 Å². The molecule has 0 heterocycles. The van der Waals surface area contributed by atoms with E-state index in [1.807, 2.05) is 0 Å². The van der Waals surface area contributed by atoms with Crippen LogP contribution in [-0.2, 0) is 0 Å². The summed E-state index contributed by atoms with van der Waals surface area (Å²) < 4.78 is 13.0. The molecular formula is C9H8BFO. The summed E-state index contributed by atoms with van der Waals surface area (Å²) in [7, 11) is 5.09. The smallest absolute Gasteiger partial charge is 0.157 e.